The van der Waals surface area contributed by atoms with Crippen molar-refractivity contribution in [1.82, 2.24) is 5.01 Å². The first-order valence-corrected chi connectivity index (χ1v) is 9.98. The molecule has 0 unspecified atom stereocenters. The Kier molecular flexibility index (Phi) is 5.38. The Hall–Kier alpha value is -3.08. The molecule has 2 aromatic carbocycles. The van der Waals surface area contributed by atoms with Crippen LogP contribution in [-0.4, -0.2) is 30.8 Å². The summed E-state index contributed by atoms with van der Waals surface area (Å²) in [6.45, 7) is 1.59. The Morgan fingerprint density at radius 3 is 2.24 bits per heavy atom. The predicted octanol–water partition coefficient (Wildman–Crippen LogP) is 4.85. The fourth-order valence-electron chi connectivity index (χ4n) is 4.30. The van der Waals surface area contributed by atoms with Gasteiger partial charge in [-0.05, 0) is 66.3 Å². The van der Waals surface area contributed by atoms with E-state index in [1.54, 1.807) is 26.2 Å². The second-order valence-corrected chi connectivity index (χ2v) is 7.51. The van der Waals surface area contributed by atoms with Gasteiger partial charge in [0.15, 0.2) is 0 Å². The van der Waals surface area contributed by atoms with Gasteiger partial charge in [-0.25, -0.2) is 5.01 Å². The van der Waals surface area contributed by atoms with E-state index in [1.165, 1.54) is 5.57 Å². The third-order valence-corrected chi connectivity index (χ3v) is 5.74. The minimum Gasteiger partial charge on any atom is -0.497 e. The number of rotatable bonds is 4. The average molecular weight is 390 g/mol. The van der Waals surface area contributed by atoms with Crippen molar-refractivity contribution in [2.75, 3.05) is 14.2 Å². The van der Waals surface area contributed by atoms with Crippen LogP contribution in [0, 0.1) is 5.92 Å². The van der Waals surface area contributed by atoms with E-state index in [1.807, 2.05) is 36.4 Å². The molecule has 5 heteroatoms. The fourth-order valence-corrected chi connectivity index (χ4v) is 4.30. The molecule has 0 aromatic heterocycles. The normalized spacial score (nSPS) is 22.2. The smallest absolute Gasteiger partial charge is 0.240 e. The fraction of sp³-hybridized carbons (Fsp3) is 0.333. The lowest BCUT2D eigenvalue weighted by Crippen LogP contribution is -2.30. The van der Waals surface area contributed by atoms with Crippen LogP contribution in [0.2, 0.25) is 0 Å². The number of carbonyl (C=O) groups is 1. The van der Waals surface area contributed by atoms with Crippen molar-refractivity contribution < 1.29 is 14.3 Å². The van der Waals surface area contributed by atoms with Gasteiger partial charge in [-0.15, -0.1) is 0 Å². The second kappa shape index (κ2) is 8.11. The first-order valence-electron chi connectivity index (χ1n) is 9.98. The first-order chi connectivity index (χ1) is 14.1. The number of nitrogens with zero attached hydrogens (tertiary/aromatic N) is 2. The van der Waals surface area contributed by atoms with E-state index in [2.05, 4.69) is 18.2 Å². The summed E-state index contributed by atoms with van der Waals surface area (Å²) < 4.78 is 10.5. The van der Waals surface area contributed by atoms with E-state index in [9.17, 15) is 4.79 Å². The molecule has 0 spiro atoms. The number of ether oxygens (including phenoxy) is 2. The highest BCUT2D eigenvalue weighted by molar-refractivity contribution is 6.08. The standard InChI is InChI=1S/C24H26N2O3/c1-16(27)26-24(18-9-13-21(29-3)14-10-18)22-6-4-5-19(23(22)25-26)15-17-7-11-20(28-2)12-8-17/h7-15,22,24H,4-6H2,1-3H3/t22-,24-/m1/s1. The SMILES string of the molecule is COc1ccc(C=C2CCC[C@@H]3C2=NN(C(C)=O)[C@@H]3c2ccc(OC)cc2)cc1. The topological polar surface area (TPSA) is 51.1 Å². The van der Waals surface area contributed by atoms with Gasteiger partial charge in [-0.3, -0.25) is 4.79 Å². The number of allylic oxidation sites excluding steroid dienone is 1. The van der Waals surface area contributed by atoms with E-state index in [0.717, 1.165) is 47.6 Å². The van der Waals surface area contributed by atoms with Crippen LogP contribution in [0.3, 0.4) is 0 Å². The summed E-state index contributed by atoms with van der Waals surface area (Å²) in [7, 11) is 3.33. The van der Waals surface area contributed by atoms with E-state index < -0.39 is 0 Å². The maximum absolute atomic E-state index is 12.4. The zero-order chi connectivity index (χ0) is 20.4. The van der Waals surface area contributed by atoms with Crippen molar-refractivity contribution in [3.63, 3.8) is 0 Å². The van der Waals surface area contributed by atoms with Gasteiger partial charge in [-0.2, -0.15) is 5.10 Å². The number of hydrogen-bond acceptors (Lipinski definition) is 4. The molecule has 0 saturated heterocycles. The highest BCUT2D eigenvalue weighted by Gasteiger charge is 2.42. The summed E-state index contributed by atoms with van der Waals surface area (Å²) in [5.74, 6) is 1.84. The molecule has 2 aromatic rings. The number of fused-ring (bicyclic) bond motifs is 1. The lowest BCUT2D eigenvalue weighted by molar-refractivity contribution is -0.131. The third kappa shape index (κ3) is 3.77. The van der Waals surface area contributed by atoms with Gasteiger partial charge < -0.3 is 9.47 Å². The van der Waals surface area contributed by atoms with Crippen molar-refractivity contribution in [2.45, 2.75) is 32.2 Å². The minimum atomic E-state index is -0.0621. The Morgan fingerprint density at radius 1 is 1.03 bits per heavy atom. The van der Waals surface area contributed by atoms with E-state index in [4.69, 9.17) is 14.6 Å². The van der Waals surface area contributed by atoms with Crippen molar-refractivity contribution in [3.05, 3.63) is 65.2 Å². The summed E-state index contributed by atoms with van der Waals surface area (Å²) in [6.07, 6.45) is 5.28. The molecule has 0 N–H and O–H groups in total. The van der Waals surface area contributed by atoms with E-state index in [0.29, 0.717) is 0 Å². The highest BCUT2D eigenvalue weighted by atomic mass is 16.5. The first kappa shape index (κ1) is 19.2. The van der Waals surface area contributed by atoms with Gasteiger partial charge in [0.2, 0.25) is 5.91 Å². The molecular formula is C24H26N2O3. The van der Waals surface area contributed by atoms with Crippen LogP contribution >= 0.6 is 0 Å². The molecule has 5 nitrogen and oxygen atoms in total. The van der Waals surface area contributed by atoms with Crippen molar-refractivity contribution in [1.29, 1.82) is 0 Å². The molecule has 29 heavy (non-hydrogen) atoms. The van der Waals surface area contributed by atoms with Crippen LogP contribution in [0.4, 0.5) is 0 Å². The summed E-state index contributed by atoms with van der Waals surface area (Å²) >= 11 is 0. The lowest BCUT2D eigenvalue weighted by Gasteiger charge is -2.29. The van der Waals surface area contributed by atoms with Crippen LogP contribution in [0.15, 0.2) is 59.2 Å². The molecule has 4 rings (SSSR count). The Morgan fingerprint density at radius 2 is 1.66 bits per heavy atom. The van der Waals surface area contributed by atoms with Crippen molar-refractivity contribution >= 4 is 17.7 Å². The zero-order valence-electron chi connectivity index (χ0n) is 17.1. The number of carbonyl (C=O) groups excluding carboxylic acids is 1. The number of amides is 1. The number of methoxy groups -OCH3 is 2. The van der Waals surface area contributed by atoms with Crippen LogP contribution in [0.5, 0.6) is 11.5 Å². The quantitative estimate of drug-likeness (QED) is 0.750. The predicted molar refractivity (Wildman–Crippen MR) is 114 cm³/mol. The van der Waals surface area contributed by atoms with Crippen LogP contribution < -0.4 is 9.47 Å². The van der Waals surface area contributed by atoms with Crippen LogP contribution in [0.1, 0.15) is 43.4 Å². The number of benzene rings is 2. The summed E-state index contributed by atoms with van der Waals surface area (Å²) in [4.78, 5) is 12.4. The molecule has 0 radical (unpaired) electrons. The monoisotopic (exact) mass is 390 g/mol. The van der Waals surface area contributed by atoms with Crippen LogP contribution in [0.25, 0.3) is 6.08 Å². The minimum absolute atomic E-state index is 0.0310. The largest absolute Gasteiger partial charge is 0.497 e. The van der Waals surface area contributed by atoms with Gasteiger partial charge >= 0.3 is 0 Å². The Labute approximate surface area is 171 Å². The summed E-state index contributed by atoms with van der Waals surface area (Å²) in [5.41, 5.74) is 4.47. The maximum Gasteiger partial charge on any atom is 0.240 e. The van der Waals surface area contributed by atoms with Gasteiger partial charge in [0.1, 0.15) is 11.5 Å². The summed E-state index contributed by atoms with van der Waals surface area (Å²) in [5, 5.41) is 6.46. The molecule has 2 atom stereocenters. The van der Waals surface area contributed by atoms with Gasteiger partial charge in [0.05, 0.1) is 26.0 Å². The van der Waals surface area contributed by atoms with Crippen molar-refractivity contribution in [2.24, 2.45) is 11.0 Å². The molecule has 1 heterocycles. The Balaban J connectivity index is 1.68. The van der Waals surface area contributed by atoms with E-state index >= 15 is 0 Å². The average Bonchev–Trinajstić information content (AvgIpc) is 3.15. The highest BCUT2D eigenvalue weighted by Crippen LogP contribution is 2.44. The molecule has 1 fully saturated rings. The van der Waals surface area contributed by atoms with Gasteiger partial charge in [-0.1, -0.05) is 24.3 Å². The number of hydrogen-bond donors (Lipinski definition) is 0. The molecule has 1 aliphatic carbocycles. The summed E-state index contributed by atoms with van der Waals surface area (Å²) in [6, 6.07) is 15.9. The van der Waals surface area contributed by atoms with Crippen molar-refractivity contribution in [3.8, 4) is 11.5 Å². The molecular weight excluding hydrogens is 364 g/mol. The number of hydrazone groups is 1. The zero-order valence-corrected chi connectivity index (χ0v) is 17.1. The Bertz CT molecular complexity index is 945. The molecule has 1 saturated carbocycles. The second-order valence-electron chi connectivity index (χ2n) is 7.51. The molecule has 0 bridgehead atoms. The molecule has 1 aliphatic heterocycles. The van der Waals surface area contributed by atoms with E-state index in [-0.39, 0.29) is 17.9 Å². The van der Waals surface area contributed by atoms with Gasteiger partial charge in [0.25, 0.3) is 0 Å². The third-order valence-electron chi connectivity index (χ3n) is 5.74. The lowest BCUT2D eigenvalue weighted by atomic mass is 9.77. The molecule has 2 aliphatic rings. The molecule has 150 valence electrons. The molecule has 1 amide bonds. The van der Waals surface area contributed by atoms with Crippen LogP contribution in [-0.2, 0) is 4.79 Å². The maximum atomic E-state index is 12.4. The van der Waals surface area contributed by atoms with Gasteiger partial charge in [0, 0.05) is 12.8 Å².